The molecule has 0 aromatic carbocycles. The van der Waals surface area contributed by atoms with Gasteiger partial charge < -0.3 is 15.0 Å². The number of aromatic nitrogens is 3. The van der Waals surface area contributed by atoms with E-state index in [4.69, 9.17) is 16.3 Å². The number of likely N-dealkylation sites (tertiary alicyclic amines) is 1. The number of amides is 1. The first-order valence-electron chi connectivity index (χ1n) is 9.29. The number of allylic oxidation sites excluding steroid dienone is 1. The number of nitrogens with one attached hydrogen (secondary N) is 1. The van der Waals surface area contributed by atoms with E-state index in [1.54, 1.807) is 11.1 Å². The van der Waals surface area contributed by atoms with E-state index in [-0.39, 0.29) is 12.1 Å². The minimum atomic E-state index is -0.509. The highest BCUT2D eigenvalue weighted by Crippen LogP contribution is 2.29. The molecular formula is C19H25BrClN5O2. The number of ether oxygens (including phenoxy) is 1. The average molecular weight is 471 g/mol. The number of hydrogen-bond acceptors (Lipinski definition) is 5. The second-order valence-electron chi connectivity index (χ2n) is 7.79. The molecule has 3 rings (SSSR count). The summed E-state index contributed by atoms with van der Waals surface area (Å²) in [6.07, 6.45) is 7.16. The van der Waals surface area contributed by atoms with Crippen LogP contribution in [0.5, 0.6) is 0 Å². The lowest BCUT2D eigenvalue weighted by molar-refractivity contribution is 0.0206. The second kappa shape index (κ2) is 8.29. The highest BCUT2D eigenvalue weighted by Gasteiger charge is 2.28. The Morgan fingerprint density at radius 2 is 2.21 bits per heavy atom. The Balaban J connectivity index is 1.82. The van der Waals surface area contributed by atoms with E-state index in [1.807, 2.05) is 44.2 Å². The maximum absolute atomic E-state index is 12.4. The van der Waals surface area contributed by atoms with E-state index >= 15 is 0 Å². The number of anilines is 1. The van der Waals surface area contributed by atoms with Gasteiger partial charge in [0.05, 0.1) is 11.9 Å². The Morgan fingerprint density at radius 3 is 2.89 bits per heavy atom. The van der Waals surface area contributed by atoms with E-state index in [0.717, 1.165) is 18.5 Å². The third kappa shape index (κ3) is 4.60. The smallest absolute Gasteiger partial charge is 0.410 e. The highest BCUT2D eigenvalue weighted by atomic mass is 79.9. The van der Waals surface area contributed by atoms with Crippen LogP contribution >= 0.6 is 27.5 Å². The predicted molar refractivity (Wildman–Crippen MR) is 115 cm³/mol. The van der Waals surface area contributed by atoms with Crippen molar-refractivity contribution in [1.29, 1.82) is 0 Å². The van der Waals surface area contributed by atoms with Crippen LogP contribution in [0.1, 0.15) is 46.2 Å². The van der Waals surface area contributed by atoms with E-state index < -0.39 is 5.60 Å². The maximum Gasteiger partial charge on any atom is 0.410 e. The minimum absolute atomic E-state index is 0.0486. The fraction of sp³-hybridized carbons (Fsp3) is 0.526. The van der Waals surface area contributed by atoms with Crippen molar-refractivity contribution < 1.29 is 9.53 Å². The van der Waals surface area contributed by atoms with Gasteiger partial charge >= 0.3 is 6.09 Å². The number of carbonyl (C=O) groups excluding carboxylic acids is 1. The quantitative estimate of drug-likeness (QED) is 0.684. The van der Waals surface area contributed by atoms with Crippen molar-refractivity contribution in [3.05, 3.63) is 27.7 Å². The molecule has 1 aliphatic heterocycles. The summed E-state index contributed by atoms with van der Waals surface area (Å²) in [7, 11) is 0. The molecule has 28 heavy (non-hydrogen) atoms. The van der Waals surface area contributed by atoms with Gasteiger partial charge in [-0.15, -0.1) is 0 Å². The molecule has 0 aliphatic carbocycles. The number of rotatable bonds is 3. The van der Waals surface area contributed by atoms with Crippen LogP contribution < -0.4 is 5.32 Å². The average Bonchev–Trinajstić information content (AvgIpc) is 3.03. The van der Waals surface area contributed by atoms with Crippen LogP contribution in [0.2, 0.25) is 5.15 Å². The van der Waals surface area contributed by atoms with Crippen molar-refractivity contribution >= 4 is 51.2 Å². The van der Waals surface area contributed by atoms with E-state index in [0.29, 0.717) is 34.3 Å². The number of fused-ring (bicyclic) bond motifs is 1. The van der Waals surface area contributed by atoms with Crippen molar-refractivity contribution in [3.63, 3.8) is 0 Å². The number of carbonyl (C=O) groups is 1. The molecule has 0 saturated carbocycles. The normalized spacial score (nSPS) is 18.1. The predicted octanol–water partition coefficient (Wildman–Crippen LogP) is 4.99. The summed E-state index contributed by atoms with van der Waals surface area (Å²) in [5.74, 6) is 0.628. The lowest BCUT2D eigenvalue weighted by atomic mass is 10.1. The lowest BCUT2D eigenvalue weighted by Gasteiger charge is -2.34. The summed E-state index contributed by atoms with van der Waals surface area (Å²) in [5.41, 5.74) is 1.01. The van der Waals surface area contributed by atoms with Crippen LogP contribution in [0.15, 0.2) is 16.9 Å². The van der Waals surface area contributed by atoms with Crippen LogP contribution in [-0.4, -0.2) is 50.1 Å². The molecule has 0 unspecified atom stereocenters. The van der Waals surface area contributed by atoms with Crippen LogP contribution in [0, 0.1) is 0 Å². The fourth-order valence-corrected chi connectivity index (χ4v) is 3.77. The molecule has 9 heteroatoms. The SMILES string of the molecule is CC=Cc1cnc2c(N[C@H]3CCCN(C(=O)OC(C)(C)C)C3)nc(Br)c(Cl)n12. The summed E-state index contributed by atoms with van der Waals surface area (Å²) >= 11 is 9.86. The van der Waals surface area contributed by atoms with Gasteiger partial charge in [0.15, 0.2) is 11.5 Å². The van der Waals surface area contributed by atoms with Crippen molar-refractivity contribution in [2.75, 3.05) is 18.4 Å². The van der Waals surface area contributed by atoms with E-state index in [9.17, 15) is 4.79 Å². The molecule has 1 atom stereocenters. The Morgan fingerprint density at radius 1 is 1.46 bits per heavy atom. The van der Waals surface area contributed by atoms with Gasteiger partial charge in [-0.25, -0.2) is 14.8 Å². The Bertz CT molecular complexity index is 906. The summed E-state index contributed by atoms with van der Waals surface area (Å²) in [6.45, 7) is 8.79. The molecule has 2 aromatic heterocycles. The van der Waals surface area contributed by atoms with Crippen LogP contribution in [0.4, 0.5) is 10.6 Å². The monoisotopic (exact) mass is 469 g/mol. The molecular weight excluding hydrogens is 446 g/mol. The third-order valence-electron chi connectivity index (χ3n) is 4.33. The van der Waals surface area contributed by atoms with Gasteiger partial charge in [0.2, 0.25) is 0 Å². The van der Waals surface area contributed by atoms with Gasteiger partial charge in [0.1, 0.15) is 15.4 Å². The highest BCUT2D eigenvalue weighted by molar-refractivity contribution is 9.10. The van der Waals surface area contributed by atoms with E-state index in [1.165, 1.54) is 0 Å². The molecule has 0 bridgehead atoms. The largest absolute Gasteiger partial charge is 0.444 e. The molecule has 2 aromatic rings. The van der Waals surface area contributed by atoms with Gasteiger partial charge in [-0.1, -0.05) is 17.7 Å². The molecule has 1 fully saturated rings. The second-order valence-corrected chi connectivity index (χ2v) is 8.90. The summed E-state index contributed by atoms with van der Waals surface area (Å²) < 4.78 is 7.88. The number of hydrogen-bond donors (Lipinski definition) is 1. The van der Waals surface area contributed by atoms with Crippen molar-refractivity contribution in [1.82, 2.24) is 19.3 Å². The van der Waals surface area contributed by atoms with Gasteiger partial charge in [0.25, 0.3) is 0 Å². The van der Waals surface area contributed by atoms with Gasteiger partial charge in [-0.3, -0.25) is 4.40 Å². The Kier molecular flexibility index (Phi) is 6.19. The van der Waals surface area contributed by atoms with E-state index in [2.05, 4.69) is 31.2 Å². The van der Waals surface area contributed by atoms with Crippen LogP contribution in [0.3, 0.4) is 0 Å². The Labute approximate surface area is 178 Å². The number of nitrogens with zero attached hydrogens (tertiary/aromatic N) is 4. The zero-order chi connectivity index (χ0) is 20.5. The third-order valence-corrected chi connectivity index (χ3v) is 5.46. The standard InChI is InChI=1S/C19H25BrClN5O2/c1-5-7-13-10-22-17-16(24-14(20)15(21)26(13)17)23-12-8-6-9-25(11-12)18(27)28-19(2,3)4/h5,7,10,12H,6,8-9,11H2,1-4H3,(H,23,24)/t12-/m0/s1. The molecule has 152 valence electrons. The van der Waals surface area contributed by atoms with Gasteiger partial charge in [-0.2, -0.15) is 0 Å². The van der Waals surface area contributed by atoms with Crippen molar-refractivity contribution in [2.24, 2.45) is 0 Å². The van der Waals surface area contributed by atoms with Gasteiger partial charge in [-0.05, 0) is 62.5 Å². The molecule has 1 aliphatic rings. The van der Waals surface area contributed by atoms with Crippen molar-refractivity contribution in [3.8, 4) is 0 Å². The van der Waals surface area contributed by atoms with Crippen LogP contribution in [-0.2, 0) is 4.74 Å². The number of halogens is 2. The van der Waals surface area contributed by atoms with Crippen molar-refractivity contribution in [2.45, 2.75) is 52.2 Å². The topological polar surface area (TPSA) is 71.8 Å². The first-order valence-corrected chi connectivity index (χ1v) is 10.5. The lowest BCUT2D eigenvalue weighted by Crippen LogP contribution is -2.47. The zero-order valence-electron chi connectivity index (χ0n) is 16.5. The molecule has 1 saturated heterocycles. The zero-order valence-corrected chi connectivity index (χ0v) is 18.8. The summed E-state index contributed by atoms with van der Waals surface area (Å²) in [5, 5.41) is 3.90. The maximum atomic E-state index is 12.4. The number of imidazole rings is 1. The molecule has 0 spiro atoms. The molecule has 0 radical (unpaired) electrons. The Hall–Kier alpha value is -1.80. The van der Waals surface area contributed by atoms with Gasteiger partial charge in [0, 0.05) is 19.1 Å². The minimum Gasteiger partial charge on any atom is -0.444 e. The molecule has 1 amide bonds. The van der Waals surface area contributed by atoms with Crippen LogP contribution in [0.25, 0.3) is 11.7 Å². The number of piperidine rings is 1. The summed E-state index contributed by atoms with van der Waals surface area (Å²) in [6, 6.07) is 0.0486. The first kappa shape index (κ1) is 20.9. The first-order chi connectivity index (χ1) is 13.2. The molecule has 3 heterocycles. The summed E-state index contributed by atoms with van der Waals surface area (Å²) in [4.78, 5) is 23.2. The molecule has 7 nitrogen and oxygen atoms in total. The fourth-order valence-electron chi connectivity index (χ4n) is 3.19. The molecule has 1 N–H and O–H groups in total.